The molecule has 0 bridgehead atoms. The molecule has 1 saturated heterocycles. The molecule has 0 radical (unpaired) electrons. The van der Waals surface area contributed by atoms with Crippen molar-refractivity contribution in [2.24, 2.45) is 0 Å². The first-order valence-electron chi connectivity index (χ1n) is 10.8. The lowest BCUT2D eigenvalue weighted by molar-refractivity contribution is 0.181. The van der Waals surface area contributed by atoms with Gasteiger partial charge in [0, 0.05) is 32.7 Å². The van der Waals surface area contributed by atoms with Crippen LogP contribution in [0.1, 0.15) is 5.56 Å². The van der Waals surface area contributed by atoms with E-state index in [2.05, 4.69) is 4.90 Å². The van der Waals surface area contributed by atoms with E-state index in [1.807, 2.05) is 66.7 Å². The van der Waals surface area contributed by atoms with Crippen LogP contribution in [0.2, 0.25) is 0 Å². The summed E-state index contributed by atoms with van der Waals surface area (Å²) >= 11 is 0. The molecule has 3 aromatic rings. The molecule has 0 saturated carbocycles. The maximum atomic E-state index is 13.1. The number of hydrogen-bond donors (Lipinski definition) is 1. The van der Waals surface area contributed by atoms with Gasteiger partial charge in [-0.2, -0.15) is 4.31 Å². The van der Waals surface area contributed by atoms with Gasteiger partial charge in [-0.25, -0.2) is 8.42 Å². The van der Waals surface area contributed by atoms with Crippen LogP contribution in [0.4, 0.5) is 0 Å². The molecule has 32 heavy (non-hydrogen) atoms. The highest BCUT2D eigenvalue weighted by atomic mass is 32.2. The van der Waals surface area contributed by atoms with Crippen LogP contribution in [-0.2, 0) is 16.6 Å². The molecule has 1 heterocycles. The predicted molar refractivity (Wildman–Crippen MR) is 125 cm³/mol. The van der Waals surface area contributed by atoms with Crippen LogP contribution >= 0.6 is 0 Å². The monoisotopic (exact) mass is 452 g/mol. The predicted octanol–water partition coefficient (Wildman–Crippen LogP) is 3.23. The molecule has 0 aliphatic carbocycles. The Morgan fingerprint density at radius 3 is 2.03 bits per heavy atom. The van der Waals surface area contributed by atoms with E-state index in [4.69, 9.17) is 9.84 Å². The van der Waals surface area contributed by atoms with Crippen molar-refractivity contribution >= 4 is 10.0 Å². The largest absolute Gasteiger partial charge is 0.491 e. The van der Waals surface area contributed by atoms with Gasteiger partial charge in [-0.1, -0.05) is 54.6 Å². The van der Waals surface area contributed by atoms with Gasteiger partial charge in [0.2, 0.25) is 10.0 Å². The fraction of sp³-hybridized carbons (Fsp3) is 0.280. The summed E-state index contributed by atoms with van der Waals surface area (Å²) in [7, 11) is -3.50. The summed E-state index contributed by atoms with van der Waals surface area (Å²) in [5.41, 5.74) is 3.22. The molecular weight excluding hydrogens is 424 g/mol. The van der Waals surface area contributed by atoms with Gasteiger partial charge >= 0.3 is 0 Å². The highest BCUT2D eigenvalue weighted by molar-refractivity contribution is 7.89. The molecule has 0 unspecified atom stereocenters. The topological polar surface area (TPSA) is 70.1 Å². The minimum Gasteiger partial charge on any atom is -0.491 e. The van der Waals surface area contributed by atoms with Gasteiger partial charge in [0.1, 0.15) is 12.4 Å². The van der Waals surface area contributed by atoms with Crippen LogP contribution in [-0.4, -0.2) is 62.1 Å². The summed E-state index contributed by atoms with van der Waals surface area (Å²) in [6.07, 6.45) is 0. The van der Waals surface area contributed by atoms with Gasteiger partial charge in [-0.3, -0.25) is 4.90 Å². The number of sulfonamides is 1. The second kappa shape index (κ2) is 10.3. The molecule has 6 nitrogen and oxygen atoms in total. The van der Waals surface area contributed by atoms with Gasteiger partial charge in [0.25, 0.3) is 0 Å². The lowest BCUT2D eigenvalue weighted by Gasteiger charge is -2.34. The number of nitrogens with zero attached hydrogens (tertiary/aromatic N) is 2. The van der Waals surface area contributed by atoms with Crippen molar-refractivity contribution in [2.75, 3.05) is 39.4 Å². The standard InChI is InChI=1S/C25H28N2O4S/c28-18-19-31-24-10-6-21(7-11-24)20-26-14-16-27(17-15-26)32(29,30)25-12-8-23(9-13-25)22-4-2-1-3-5-22/h1-13,28H,14-20H2. The lowest BCUT2D eigenvalue weighted by Crippen LogP contribution is -2.48. The first-order valence-corrected chi connectivity index (χ1v) is 12.2. The SMILES string of the molecule is O=S(=O)(c1ccc(-c2ccccc2)cc1)N1CCN(Cc2ccc(OCCO)cc2)CC1. The third-order valence-corrected chi connectivity index (χ3v) is 7.53. The first-order chi connectivity index (χ1) is 15.6. The van der Waals surface area contributed by atoms with E-state index in [9.17, 15) is 8.42 Å². The van der Waals surface area contributed by atoms with Crippen LogP contribution in [0.15, 0.2) is 83.8 Å². The van der Waals surface area contributed by atoms with E-state index >= 15 is 0 Å². The van der Waals surface area contributed by atoms with Crippen LogP contribution in [0.3, 0.4) is 0 Å². The van der Waals surface area contributed by atoms with E-state index < -0.39 is 10.0 Å². The Hall–Kier alpha value is -2.71. The maximum Gasteiger partial charge on any atom is 0.243 e. The van der Waals surface area contributed by atoms with Crippen molar-refractivity contribution in [2.45, 2.75) is 11.4 Å². The fourth-order valence-electron chi connectivity index (χ4n) is 3.84. The van der Waals surface area contributed by atoms with E-state index in [0.29, 0.717) is 31.1 Å². The molecular formula is C25H28N2O4S. The first kappa shape index (κ1) is 22.5. The van der Waals surface area contributed by atoms with Crippen LogP contribution in [0.25, 0.3) is 11.1 Å². The van der Waals surface area contributed by atoms with Crippen LogP contribution in [0.5, 0.6) is 5.75 Å². The third kappa shape index (κ3) is 5.37. The highest BCUT2D eigenvalue weighted by Gasteiger charge is 2.28. The number of piperazine rings is 1. The number of ether oxygens (including phenoxy) is 1. The Bertz CT molecular complexity index is 1090. The summed E-state index contributed by atoms with van der Waals surface area (Å²) in [6, 6.07) is 24.9. The van der Waals surface area contributed by atoms with Crippen LogP contribution in [0, 0.1) is 0 Å². The Kier molecular flexibility index (Phi) is 7.22. The van der Waals surface area contributed by atoms with Crippen molar-refractivity contribution in [3.8, 4) is 16.9 Å². The summed E-state index contributed by atoms with van der Waals surface area (Å²) in [4.78, 5) is 2.60. The van der Waals surface area contributed by atoms with Gasteiger partial charge < -0.3 is 9.84 Å². The van der Waals surface area contributed by atoms with E-state index in [0.717, 1.165) is 29.0 Å². The van der Waals surface area contributed by atoms with Gasteiger partial charge in [0.15, 0.2) is 0 Å². The van der Waals surface area contributed by atoms with Crippen molar-refractivity contribution in [3.05, 3.63) is 84.4 Å². The number of hydrogen-bond acceptors (Lipinski definition) is 5. The number of aliphatic hydroxyl groups is 1. The van der Waals surface area contributed by atoms with Gasteiger partial charge in [-0.15, -0.1) is 0 Å². The molecule has 4 rings (SSSR count). The zero-order valence-corrected chi connectivity index (χ0v) is 18.7. The number of rotatable bonds is 8. The Morgan fingerprint density at radius 2 is 1.41 bits per heavy atom. The Labute approximate surface area is 189 Å². The molecule has 3 aromatic carbocycles. The second-order valence-electron chi connectivity index (χ2n) is 7.79. The second-order valence-corrected chi connectivity index (χ2v) is 9.72. The molecule has 0 spiro atoms. The van der Waals surface area contributed by atoms with Crippen LogP contribution < -0.4 is 4.74 Å². The Morgan fingerprint density at radius 1 is 0.781 bits per heavy atom. The molecule has 1 N–H and O–H groups in total. The molecule has 0 aromatic heterocycles. The maximum absolute atomic E-state index is 13.1. The molecule has 7 heteroatoms. The van der Waals surface area contributed by atoms with E-state index in [-0.39, 0.29) is 13.2 Å². The van der Waals surface area contributed by atoms with Gasteiger partial charge in [0.05, 0.1) is 11.5 Å². The third-order valence-electron chi connectivity index (χ3n) is 5.62. The minimum atomic E-state index is -3.50. The van der Waals surface area contributed by atoms with Gasteiger partial charge in [-0.05, 0) is 41.0 Å². The quantitative estimate of drug-likeness (QED) is 0.568. The number of benzene rings is 3. The molecule has 168 valence electrons. The molecule has 0 atom stereocenters. The molecule has 0 amide bonds. The molecule has 1 aliphatic heterocycles. The molecule has 1 aliphatic rings. The normalized spacial score (nSPS) is 15.5. The van der Waals surface area contributed by atoms with Crippen molar-refractivity contribution < 1.29 is 18.3 Å². The summed E-state index contributed by atoms with van der Waals surface area (Å²) < 4.78 is 33.2. The average molecular weight is 453 g/mol. The van der Waals surface area contributed by atoms with Crippen molar-refractivity contribution in [1.82, 2.24) is 9.21 Å². The highest BCUT2D eigenvalue weighted by Crippen LogP contribution is 2.24. The summed E-state index contributed by atoms with van der Waals surface area (Å²) in [6.45, 7) is 3.35. The average Bonchev–Trinajstić information content (AvgIpc) is 2.84. The van der Waals surface area contributed by atoms with E-state index in [1.54, 1.807) is 16.4 Å². The van der Waals surface area contributed by atoms with Crippen molar-refractivity contribution in [1.29, 1.82) is 0 Å². The van der Waals surface area contributed by atoms with Crippen molar-refractivity contribution in [3.63, 3.8) is 0 Å². The zero-order chi connectivity index (χ0) is 22.4. The summed E-state index contributed by atoms with van der Waals surface area (Å²) in [5, 5.41) is 8.83. The number of aliphatic hydroxyl groups excluding tert-OH is 1. The lowest BCUT2D eigenvalue weighted by atomic mass is 10.1. The minimum absolute atomic E-state index is 0.00783. The van der Waals surface area contributed by atoms with E-state index in [1.165, 1.54) is 0 Å². The summed E-state index contributed by atoms with van der Waals surface area (Å²) in [5.74, 6) is 0.733. The fourth-order valence-corrected chi connectivity index (χ4v) is 5.26. The Balaban J connectivity index is 1.34. The smallest absolute Gasteiger partial charge is 0.243 e. The zero-order valence-electron chi connectivity index (χ0n) is 17.9. The molecule has 1 fully saturated rings.